The molecular weight excluding hydrogens is 226 g/mol. The zero-order chi connectivity index (χ0) is 12.3. The first kappa shape index (κ1) is 11.2. The van der Waals surface area contributed by atoms with Crippen LogP contribution in [0.15, 0.2) is 42.6 Å². The van der Waals surface area contributed by atoms with Gasteiger partial charge in [-0.1, -0.05) is 0 Å². The van der Waals surface area contributed by atoms with E-state index in [1.54, 1.807) is 0 Å². The summed E-state index contributed by atoms with van der Waals surface area (Å²) in [6.45, 7) is 0. The van der Waals surface area contributed by atoms with Gasteiger partial charge in [-0.2, -0.15) is 4.39 Å². The molecule has 17 heavy (non-hydrogen) atoms. The fourth-order valence-electron chi connectivity index (χ4n) is 1.29. The van der Waals surface area contributed by atoms with Gasteiger partial charge in [0, 0.05) is 11.9 Å². The lowest BCUT2D eigenvalue weighted by molar-refractivity contribution is 0.102. The lowest BCUT2D eigenvalue weighted by Crippen LogP contribution is -2.14. The predicted octanol–water partition coefficient (Wildman–Crippen LogP) is 2.61. The number of carbonyl (C=O) groups is 1. The molecule has 1 heterocycles. The zero-order valence-electron chi connectivity index (χ0n) is 8.65. The van der Waals surface area contributed by atoms with Gasteiger partial charge in [0.1, 0.15) is 5.82 Å². The Balaban J connectivity index is 2.17. The third-order valence-electron chi connectivity index (χ3n) is 2.11. The Morgan fingerprint density at radius 1 is 1.12 bits per heavy atom. The van der Waals surface area contributed by atoms with Gasteiger partial charge >= 0.3 is 0 Å². The molecule has 0 aliphatic heterocycles. The summed E-state index contributed by atoms with van der Waals surface area (Å²) in [7, 11) is 0. The summed E-state index contributed by atoms with van der Waals surface area (Å²) in [6.07, 6.45) is 1.25. The van der Waals surface area contributed by atoms with E-state index in [2.05, 4.69) is 10.3 Å². The minimum absolute atomic E-state index is 0.156. The highest BCUT2D eigenvalue weighted by Gasteiger charge is 2.11. The molecule has 1 aromatic carbocycles. The SMILES string of the molecule is O=C(Nc1ccc(F)cc1)c1cccnc1F. The number of hydrogen-bond acceptors (Lipinski definition) is 2. The molecule has 0 saturated heterocycles. The van der Waals surface area contributed by atoms with Crippen LogP contribution in [-0.2, 0) is 0 Å². The smallest absolute Gasteiger partial charge is 0.260 e. The highest BCUT2D eigenvalue weighted by Crippen LogP contribution is 2.11. The van der Waals surface area contributed by atoms with Gasteiger partial charge in [0.25, 0.3) is 5.91 Å². The molecule has 0 aliphatic rings. The maximum Gasteiger partial charge on any atom is 0.260 e. The lowest BCUT2D eigenvalue weighted by atomic mass is 10.2. The number of nitrogens with zero attached hydrogens (tertiary/aromatic N) is 1. The van der Waals surface area contributed by atoms with Gasteiger partial charge < -0.3 is 5.32 Å². The van der Waals surface area contributed by atoms with Crippen LogP contribution in [0, 0.1) is 11.8 Å². The van der Waals surface area contributed by atoms with E-state index in [9.17, 15) is 13.6 Å². The van der Waals surface area contributed by atoms with E-state index < -0.39 is 17.7 Å². The number of nitrogens with one attached hydrogen (secondary N) is 1. The third kappa shape index (κ3) is 2.63. The largest absolute Gasteiger partial charge is 0.322 e. The molecular formula is C12H8F2N2O. The van der Waals surface area contributed by atoms with Crippen LogP contribution in [0.4, 0.5) is 14.5 Å². The quantitative estimate of drug-likeness (QED) is 0.811. The van der Waals surface area contributed by atoms with Crippen molar-refractivity contribution in [2.45, 2.75) is 0 Å². The zero-order valence-corrected chi connectivity index (χ0v) is 8.65. The van der Waals surface area contributed by atoms with E-state index in [1.807, 2.05) is 0 Å². The summed E-state index contributed by atoms with van der Waals surface area (Å²) >= 11 is 0. The van der Waals surface area contributed by atoms with Crippen LogP contribution in [0.3, 0.4) is 0 Å². The van der Waals surface area contributed by atoms with Gasteiger partial charge in [0.2, 0.25) is 5.95 Å². The average Bonchev–Trinajstić information content (AvgIpc) is 2.32. The molecule has 1 N–H and O–H groups in total. The van der Waals surface area contributed by atoms with Gasteiger partial charge in [-0.15, -0.1) is 0 Å². The molecule has 2 aromatic rings. The molecule has 0 spiro atoms. The summed E-state index contributed by atoms with van der Waals surface area (Å²) < 4.78 is 25.8. The van der Waals surface area contributed by atoms with Crippen molar-refractivity contribution in [1.29, 1.82) is 0 Å². The van der Waals surface area contributed by atoms with Crippen LogP contribution in [0.1, 0.15) is 10.4 Å². The number of amides is 1. The summed E-state index contributed by atoms with van der Waals surface area (Å²) in [5, 5.41) is 2.44. The molecule has 0 radical (unpaired) electrons. The summed E-state index contributed by atoms with van der Waals surface area (Å²) in [5.74, 6) is -1.87. The molecule has 0 bridgehead atoms. The number of carbonyl (C=O) groups excluding carboxylic acids is 1. The number of aromatic nitrogens is 1. The number of halogens is 2. The molecule has 2 rings (SSSR count). The van der Waals surface area contributed by atoms with Crippen molar-refractivity contribution in [3.63, 3.8) is 0 Å². The van der Waals surface area contributed by atoms with E-state index >= 15 is 0 Å². The number of hydrogen-bond donors (Lipinski definition) is 1. The lowest BCUT2D eigenvalue weighted by Gasteiger charge is -2.05. The molecule has 0 aliphatic carbocycles. The van der Waals surface area contributed by atoms with Gasteiger partial charge in [-0.3, -0.25) is 4.79 Å². The Morgan fingerprint density at radius 2 is 1.82 bits per heavy atom. The Labute approximate surface area is 96.1 Å². The fourth-order valence-corrected chi connectivity index (χ4v) is 1.29. The van der Waals surface area contributed by atoms with Crippen LogP contribution >= 0.6 is 0 Å². The molecule has 3 nitrogen and oxygen atoms in total. The predicted molar refractivity (Wildman–Crippen MR) is 58.5 cm³/mol. The number of rotatable bonds is 2. The minimum Gasteiger partial charge on any atom is -0.322 e. The standard InChI is InChI=1S/C12H8F2N2O/c13-8-3-5-9(6-4-8)16-12(17)10-2-1-7-15-11(10)14/h1-7H,(H,16,17). The molecule has 1 aromatic heterocycles. The molecule has 5 heteroatoms. The molecule has 86 valence electrons. The van der Waals surface area contributed by atoms with Crippen molar-refractivity contribution in [2.75, 3.05) is 5.32 Å². The van der Waals surface area contributed by atoms with Gasteiger partial charge in [0.05, 0.1) is 5.56 Å². The number of benzene rings is 1. The summed E-state index contributed by atoms with van der Waals surface area (Å²) in [6, 6.07) is 7.97. The maximum absolute atomic E-state index is 13.2. The van der Waals surface area contributed by atoms with Crippen molar-refractivity contribution >= 4 is 11.6 Å². The van der Waals surface area contributed by atoms with E-state index in [0.29, 0.717) is 5.69 Å². The van der Waals surface area contributed by atoms with Crippen molar-refractivity contribution in [3.8, 4) is 0 Å². The monoisotopic (exact) mass is 234 g/mol. The normalized spacial score (nSPS) is 10.0. The van der Waals surface area contributed by atoms with Crippen molar-refractivity contribution in [3.05, 3.63) is 59.9 Å². The molecule has 0 fully saturated rings. The van der Waals surface area contributed by atoms with E-state index in [4.69, 9.17) is 0 Å². The number of pyridine rings is 1. The summed E-state index contributed by atoms with van der Waals surface area (Å²) in [5.41, 5.74) is 0.233. The van der Waals surface area contributed by atoms with Gasteiger partial charge in [-0.05, 0) is 36.4 Å². The third-order valence-corrected chi connectivity index (χ3v) is 2.11. The van der Waals surface area contributed by atoms with Crippen LogP contribution in [0.5, 0.6) is 0 Å². The highest BCUT2D eigenvalue weighted by molar-refractivity contribution is 6.04. The second-order valence-electron chi connectivity index (χ2n) is 3.30. The Kier molecular flexibility index (Phi) is 3.09. The van der Waals surface area contributed by atoms with E-state index in [-0.39, 0.29) is 5.56 Å². The summed E-state index contributed by atoms with van der Waals surface area (Å²) in [4.78, 5) is 15.0. The van der Waals surface area contributed by atoms with E-state index in [1.165, 1.54) is 42.6 Å². The number of anilines is 1. The van der Waals surface area contributed by atoms with Crippen LogP contribution in [-0.4, -0.2) is 10.9 Å². The minimum atomic E-state index is -0.841. The van der Waals surface area contributed by atoms with Crippen LogP contribution < -0.4 is 5.32 Å². The van der Waals surface area contributed by atoms with Crippen LogP contribution in [0.2, 0.25) is 0 Å². The van der Waals surface area contributed by atoms with Crippen LogP contribution in [0.25, 0.3) is 0 Å². The molecule has 0 unspecified atom stereocenters. The van der Waals surface area contributed by atoms with Crippen molar-refractivity contribution in [2.24, 2.45) is 0 Å². The van der Waals surface area contributed by atoms with E-state index in [0.717, 1.165) is 0 Å². The second kappa shape index (κ2) is 4.69. The Bertz CT molecular complexity index is 540. The first-order valence-corrected chi connectivity index (χ1v) is 4.84. The topological polar surface area (TPSA) is 42.0 Å². The fraction of sp³-hybridized carbons (Fsp3) is 0. The Hall–Kier alpha value is -2.30. The van der Waals surface area contributed by atoms with Gasteiger partial charge in [-0.25, -0.2) is 9.37 Å². The maximum atomic E-state index is 13.2. The first-order valence-electron chi connectivity index (χ1n) is 4.84. The molecule has 0 saturated carbocycles. The van der Waals surface area contributed by atoms with Gasteiger partial charge in [0.15, 0.2) is 0 Å². The average molecular weight is 234 g/mol. The second-order valence-corrected chi connectivity index (χ2v) is 3.30. The van der Waals surface area contributed by atoms with Crippen molar-refractivity contribution in [1.82, 2.24) is 4.98 Å². The Morgan fingerprint density at radius 3 is 2.47 bits per heavy atom. The molecule has 0 atom stereocenters. The highest BCUT2D eigenvalue weighted by atomic mass is 19.1. The first-order chi connectivity index (χ1) is 8.16. The molecule has 1 amide bonds. The van der Waals surface area contributed by atoms with Crippen molar-refractivity contribution < 1.29 is 13.6 Å².